The molecule has 1 atom stereocenters. The van der Waals surface area contributed by atoms with Crippen molar-refractivity contribution >= 4 is 17.5 Å². The van der Waals surface area contributed by atoms with E-state index >= 15 is 0 Å². The molecule has 130 valence electrons. The van der Waals surface area contributed by atoms with Crippen molar-refractivity contribution in [2.75, 3.05) is 36.5 Å². The second kappa shape index (κ2) is 7.19. The van der Waals surface area contributed by atoms with Gasteiger partial charge in [0.15, 0.2) is 0 Å². The van der Waals surface area contributed by atoms with Gasteiger partial charge in [0, 0.05) is 36.6 Å². The Hall–Kier alpha value is -2.47. The maximum Gasteiger partial charge on any atom is 0.227 e. The quantitative estimate of drug-likeness (QED) is 0.928. The van der Waals surface area contributed by atoms with Gasteiger partial charge in [0.2, 0.25) is 11.9 Å². The molecule has 0 saturated carbocycles. The van der Waals surface area contributed by atoms with Crippen LogP contribution < -0.4 is 10.2 Å². The minimum absolute atomic E-state index is 0.0226. The number of carbonyl (C=O) groups excluding carboxylic acids is 1. The van der Waals surface area contributed by atoms with Crippen molar-refractivity contribution in [2.24, 2.45) is 5.92 Å². The van der Waals surface area contributed by atoms with Gasteiger partial charge in [0.1, 0.15) is 0 Å². The molecule has 6 heteroatoms. The Bertz CT molecular complexity index is 744. The van der Waals surface area contributed by atoms with E-state index in [2.05, 4.69) is 15.2 Å². The molecule has 1 N–H and O–H groups in total. The molecule has 6 nitrogen and oxygen atoms in total. The number of amides is 1. The van der Waals surface area contributed by atoms with E-state index in [9.17, 15) is 4.79 Å². The Morgan fingerprint density at radius 3 is 2.80 bits per heavy atom. The van der Waals surface area contributed by atoms with Crippen molar-refractivity contribution in [1.82, 2.24) is 9.97 Å². The summed E-state index contributed by atoms with van der Waals surface area (Å²) in [5.74, 6) is 0.842. The van der Waals surface area contributed by atoms with Crippen molar-refractivity contribution in [3.05, 3.63) is 47.8 Å². The van der Waals surface area contributed by atoms with E-state index in [4.69, 9.17) is 9.72 Å². The Balaban J connectivity index is 1.43. The number of nitrogens with zero attached hydrogens (tertiary/aromatic N) is 3. The molecule has 2 heterocycles. The molecule has 2 aromatic rings. The fourth-order valence-corrected chi connectivity index (χ4v) is 3.40. The normalized spacial score (nSPS) is 20.0. The maximum absolute atomic E-state index is 12.5. The molecule has 0 unspecified atom stereocenters. The highest BCUT2D eigenvalue weighted by Crippen LogP contribution is 2.26. The first-order valence-electron chi connectivity index (χ1n) is 8.83. The monoisotopic (exact) mass is 338 g/mol. The lowest BCUT2D eigenvalue weighted by Crippen LogP contribution is -2.38. The first-order valence-corrected chi connectivity index (χ1v) is 8.83. The lowest BCUT2D eigenvalue weighted by Gasteiger charge is -2.28. The first-order chi connectivity index (χ1) is 12.3. The van der Waals surface area contributed by atoms with Gasteiger partial charge >= 0.3 is 0 Å². The molecule has 1 saturated heterocycles. The second-order valence-electron chi connectivity index (χ2n) is 6.54. The van der Waals surface area contributed by atoms with E-state index in [-0.39, 0.29) is 11.8 Å². The highest BCUT2D eigenvalue weighted by Gasteiger charge is 2.27. The molecule has 0 spiro atoms. The molecule has 25 heavy (non-hydrogen) atoms. The number of fused-ring (bicyclic) bond motifs is 1. The molecule has 1 aromatic carbocycles. The van der Waals surface area contributed by atoms with Crippen LogP contribution in [-0.4, -0.2) is 42.2 Å². The summed E-state index contributed by atoms with van der Waals surface area (Å²) < 4.78 is 5.38. The number of hydrogen-bond acceptors (Lipinski definition) is 5. The first kappa shape index (κ1) is 16.0. The number of aryl methyl sites for hydroxylation is 1. The number of para-hydroxylation sites is 1. The number of benzene rings is 1. The molecule has 1 amide bonds. The number of ether oxygens (including phenoxy) is 1. The molecule has 1 aliphatic heterocycles. The fraction of sp³-hybridized carbons (Fsp3) is 0.421. The largest absolute Gasteiger partial charge is 0.378 e. The minimum Gasteiger partial charge on any atom is -0.378 e. The molecule has 0 radical (unpaired) electrons. The van der Waals surface area contributed by atoms with Crippen LogP contribution in [0, 0.1) is 5.92 Å². The van der Waals surface area contributed by atoms with E-state index in [1.807, 2.05) is 36.5 Å². The van der Waals surface area contributed by atoms with E-state index in [1.165, 1.54) is 0 Å². The summed E-state index contributed by atoms with van der Waals surface area (Å²) in [6, 6.07) is 9.61. The molecule has 0 bridgehead atoms. The minimum atomic E-state index is -0.0226. The summed E-state index contributed by atoms with van der Waals surface area (Å²) >= 11 is 0. The van der Waals surface area contributed by atoms with Crippen LogP contribution in [0.1, 0.15) is 17.7 Å². The molecule has 1 fully saturated rings. The second-order valence-corrected chi connectivity index (χ2v) is 6.54. The van der Waals surface area contributed by atoms with E-state index in [0.29, 0.717) is 6.42 Å². The van der Waals surface area contributed by atoms with Crippen molar-refractivity contribution in [3.63, 3.8) is 0 Å². The van der Waals surface area contributed by atoms with Gasteiger partial charge in [-0.05, 0) is 37.0 Å². The third-order valence-electron chi connectivity index (χ3n) is 4.84. The van der Waals surface area contributed by atoms with Gasteiger partial charge in [-0.25, -0.2) is 9.97 Å². The fourth-order valence-electron chi connectivity index (χ4n) is 3.40. The molecule has 2 aliphatic rings. The predicted molar refractivity (Wildman–Crippen MR) is 95.7 cm³/mol. The topological polar surface area (TPSA) is 67.4 Å². The summed E-state index contributed by atoms with van der Waals surface area (Å²) in [4.78, 5) is 23.9. The molecule has 1 aliphatic carbocycles. The standard InChI is InChI=1S/C19H22N4O2/c24-18(21-16-4-2-1-3-5-16)14-6-7-17-15(12-14)13-20-19(22-17)23-8-10-25-11-9-23/h1-5,13-14H,6-12H2,(H,21,24)/t14-/m0/s1. The van der Waals surface area contributed by atoms with Gasteiger partial charge in [-0.15, -0.1) is 0 Å². The number of rotatable bonds is 3. The van der Waals surface area contributed by atoms with Crippen molar-refractivity contribution in [3.8, 4) is 0 Å². The SMILES string of the molecule is O=C(Nc1ccccc1)[C@H]1CCc2nc(N3CCOCC3)ncc2C1. The summed E-state index contributed by atoms with van der Waals surface area (Å²) in [6.07, 6.45) is 4.25. The summed E-state index contributed by atoms with van der Waals surface area (Å²) in [5, 5.41) is 3.00. The van der Waals surface area contributed by atoms with E-state index in [0.717, 1.165) is 62.0 Å². The highest BCUT2D eigenvalue weighted by atomic mass is 16.5. The summed E-state index contributed by atoms with van der Waals surface area (Å²) in [7, 11) is 0. The van der Waals surface area contributed by atoms with Crippen LogP contribution in [0.15, 0.2) is 36.5 Å². The zero-order valence-electron chi connectivity index (χ0n) is 14.1. The van der Waals surface area contributed by atoms with Crippen molar-refractivity contribution < 1.29 is 9.53 Å². The summed E-state index contributed by atoms with van der Waals surface area (Å²) in [6.45, 7) is 3.12. The van der Waals surface area contributed by atoms with Crippen molar-refractivity contribution in [2.45, 2.75) is 19.3 Å². The average molecular weight is 338 g/mol. The molecular weight excluding hydrogens is 316 g/mol. The van der Waals surface area contributed by atoms with Crippen molar-refractivity contribution in [1.29, 1.82) is 0 Å². The molecule has 1 aromatic heterocycles. The van der Waals surface area contributed by atoms with Gasteiger partial charge < -0.3 is 15.0 Å². The van der Waals surface area contributed by atoms with Crippen LogP contribution in [0.5, 0.6) is 0 Å². The third kappa shape index (κ3) is 3.64. The van der Waals surface area contributed by atoms with Gasteiger partial charge in [-0.1, -0.05) is 18.2 Å². The van der Waals surface area contributed by atoms with Gasteiger partial charge in [-0.3, -0.25) is 4.79 Å². The lowest BCUT2D eigenvalue weighted by atomic mass is 9.86. The van der Waals surface area contributed by atoms with E-state index < -0.39 is 0 Å². The number of anilines is 2. The Morgan fingerprint density at radius 1 is 1.20 bits per heavy atom. The zero-order valence-corrected chi connectivity index (χ0v) is 14.1. The number of carbonyl (C=O) groups is 1. The lowest BCUT2D eigenvalue weighted by molar-refractivity contribution is -0.120. The van der Waals surface area contributed by atoms with Gasteiger partial charge in [0.05, 0.1) is 13.2 Å². The van der Waals surface area contributed by atoms with Gasteiger partial charge in [0.25, 0.3) is 0 Å². The smallest absolute Gasteiger partial charge is 0.227 e. The average Bonchev–Trinajstić information content (AvgIpc) is 2.68. The number of nitrogens with one attached hydrogen (secondary N) is 1. The summed E-state index contributed by atoms with van der Waals surface area (Å²) in [5.41, 5.74) is 3.02. The highest BCUT2D eigenvalue weighted by molar-refractivity contribution is 5.92. The molecule has 4 rings (SSSR count). The van der Waals surface area contributed by atoms with Gasteiger partial charge in [-0.2, -0.15) is 0 Å². The Kier molecular flexibility index (Phi) is 4.61. The predicted octanol–water partition coefficient (Wildman–Crippen LogP) is 2.06. The maximum atomic E-state index is 12.5. The number of hydrogen-bond donors (Lipinski definition) is 1. The van der Waals surface area contributed by atoms with E-state index in [1.54, 1.807) is 0 Å². The van der Waals surface area contributed by atoms with Crippen LogP contribution in [0.3, 0.4) is 0 Å². The Labute approximate surface area is 147 Å². The van der Waals surface area contributed by atoms with Crippen LogP contribution in [0.2, 0.25) is 0 Å². The number of morpholine rings is 1. The molecular formula is C19H22N4O2. The number of aromatic nitrogens is 2. The van der Waals surface area contributed by atoms with Crippen LogP contribution in [0.4, 0.5) is 11.6 Å². The Morgan fingerprint density at radius 2 is 2.00 bits per heavy atom. The van der Waals surface area contributed by atoms with Crippen LogP contribution in [0.25, 0.3) is 0 Å². The third-order valence-corrected chi connectivity index (χ3v) is 4.84. The van der Waals surface area contributed by atoms with Crippen LogP contribution >= 0.6 is 0 Å². The zero-order chi connectivity index (χ0) is 17.1. The van der Waals surface area contributed by atoms with Crippen LogP contribution in [-0.2, 0) is 22.4 Å².